The second-order valence-electron chi connectivity index (χ2n) is 7.59. The van der Waals surface area contributed by atoms with Crippen molar-refractivity contribution >= 4 is 17.6 Å². The van der Waals surface area contributed by atoms with Gasteiger partial charge in [0.25, 0.3) is 0 Å². The number of aliphatic imine (C=N–C) groups is 1. The molecule has 1 saturated heterocycles. The molecule has 0 spiro atoms. The minimum Gasteiger partial charge on any atom is -0.342 e. The molecule has 4 N–H and O–H groups in total. The summed E-state index contributed by atoms with van der Waals surface area (Å²) in [5, 5.41) is 0.785. The second kappa shape index (κ2) is 9.54. The highest BCUT2D eigenvalue weighted by molar-refractivity contribution is 6.30. The summed E-state index contributed by atoms with van der Waals surface area (Å²) in [5.41, 5.74) is 14.4. The van der Waals surface area contributed by atoms with Crippen molar-refractivity contribution in [1.29, 1.82) is 0 Å². The van der Waals surface area contributed by atoms with Crippen molar-refractivity contribution in [2.45, 2.75) is 38.1 Å². The van der Waals surface area contributed by atoms with Crippen molar-refractivity contribution in [2.75, 3.05) is 19.6 Å². The first-order valence-electron chi connectivity index (χ1n) is 10.1. The number of benzene rings is 1. The van der Waals surface area contributed by atoms with Crippen LogP contribution in [0, 0.1) is 0 Å². The van der Waals surface area contributed by atoms with Gasteiger partial charge in [-0.2, -0.15) is 5.43 Å². The van der Waals surface area contributed by atoms with Crippen molar-refractivity contribution in [3.63, 3.8) is 0 Å². The Morgan fingerprint density at radius 2 is 1.79 bits per heavy atom. The van der Waals surface area contributed by atoms with Gasteiger partial charge in [0.05, 0.1) is 0 Å². The Morgan fingerprint density at radius 3 is 2.45 bits per heavy atom. The lowest BCUT2D eigenvalue weighted by Crippen LogP contribution is -2.51. The van der Waals surface area contributed by atoms with Crippen molar-refractivity contribution in [2.24, 2.45) is 10.7 Å². The number of likely N-dealkylation sites (tertiary alicyclic amines) is 1. The van der Waals surface area contributed by atoms with E-state index < -0.39 is 0 Å². The quantitative estimate of drug-likeness (QED) is 0.671. The van der Waals surface area contributed by atoms with Crippen molar-refractivity contribution in [3.05, 3.63) is 64.9 Å². The van der Waals surface area contributed by atoms with Crippen LogP contribution in [0.2, 0.25) is 5.02 Å². The maximum absolute atomic E-state index is 6.03. The summed E-state index contributed by atoms with van der Waals surface area (Å²) < 4.78 is 0. The topological polar surface area (TPSA) is 81.8 Å². The number of guanidine groups is 1. The SMILES string of the molecule is NC1N=C(N2CCC(N(CCc3ccc(Cl)cc3)Cc3ccncc3)CC2)NN1. The number of rotatable bonds is 6. The zero-order valence-electron chi connectivity index (χ0n) is 16.5. The summed E-state index contributed by atoms with van der Waals surface area (Å²) in [7, 11) is 0. The molecule has 2 aromatic rings. The lowest BCUT2D eigenvalue weighted by molar-refractivity contribution is 0.129. The van der Waals surface area contributed by atoms with Crippen LogP contribution in [0.25, 0.3) is 0 Å². The van der Waals surface area contributed by atoms with Gasteiger partial charge in [0.15, 0.2) is 6.29 Å². The molecule has 1 unspecified atom stereocenters. The molecule has 1 fully saturated rings. The minimum absolute atomic E-state index is 0.356. The molecule has 29 heavy (non-hydrogen) atoms. The Morgan fingerprint density at radius 1 is 1.07 bits per heavy atom. The first-order valence-corrected chi connectivity index (χ1v) is 10.5. The number of nitrogens with two attached hydrogens (primary N) is 1. The molecule has 0 radical (unpaired) electrons. The predicted octanol–water partition coefficient (Wildman–Crippen LogP) is 1.95. The molecule has 7 nitrogen and oxygen atoms in total. The number of halogens is 1. The number of aromatic nitrogens is 1. The summed E-state index contributed by atoms with van der Waals surface area (Å²) in [6.07, 6.45) is 6.59. The fourth-order valence-corrected chi connectivity index (χ4v) is 4.10. The fourth-order valence-electron chi connectivity index (χ4n) is 3.98. The largest absolute Gasteiger partial charge is 0.342 e. The molecule has 8 heteroatoms. The molecule has 3 heterocycles. The van der Waals surface area contributed by atoms with E-state index in [1.807, 2.05) is 24.5 Å². The molecule has 0 bridgehead atoms. The van der Waals surface area contributed by atoms with Gasteiger partial charge < -0.3 is 4.90 Å². The molecular weight excluding hydrogens is 386 g/mol. The standard InChI is InChI=1S/C21H28ClN7/c22-18-3-1-16(2-4-18)7-12-29(15-17-5-10-24-11-6-17)19-8-13-28(14-9-19)21-25-20(23)26-27-21/h1-6,10-11,19-20,26H,7-9,12-15,23H2,(H,25,27). The normalized spacial score (nSPS) is 20.0. The Kier molecular flexibility index (Phi) is 6.61. The van der Waals surface area contributed by atoms with Crippen molar-refractivity contribution < 1.29 is 0 Å². The Labute approximate surface area is 176 Å². The predicted molar refractivity (Wildman–Crippen MR) is 116 cm³/mol. The summed E-state index contributed by atoms with van der Waals surface area (Å²) in [6, 6.07) is 12.9. The van der Waals surface area contributed by atoms with Crippen LogP contribution in [0.3, 0.4) is 0 Å². The first kappa shape index (κ1) is 20.1. The second-order valence-corrected chi connectivity index (χ2v) is 8.02. The molecular formula is C21H28ClN7. The third-order valence-electron chi connectivity index (χ3n) is 5.61. The molecule has 0 aliphatic carbocycles. The number of piperidine rings is 1. The summed E-state index contributed by atoms with van der Waals surface area (Å²) in [6.45, 7) is 3.89. The van der Waals surface area contributed by atoms with Gasteiger partial charge in [-0.05, 0) is 54.7 Å². The number of hydrazine groups is 1. The zero-order chi connectivity index (χ0) is 20.1. The molecule has 1 aromatic heterocycles. The number of nitrogens with zero attached hydrogens (tertiary/aromatic N) is 4. The number of pyridine rings is 1. The maximum atomic E-state index is 6.03. The van der Waals surface area contributed by atoms with E-state index in [9.17, 15) is 0 Å². The molecule has 0 amide bonds. The van der Waals surface area contributed by atoms with E-state index in [0.717, 1.165) is 56.4 Å². The van der Waals surface area contributed by atoms with Crippen LogP contribution in [-0.4, -0.2) is 52.7 Å². The first-order chi connectivity index (χ1) is 14.2. The van der Waals surface area contributed by atoms with Crippen LogP contribution in [-0.2, 0) is 13.0 Å². The van der Waals surface area contributed by atoms with Gasteiger partial charge in [-0.15, -0.1) is 0 Å². The lowest BCUT2D eigenvalue weighted by atomic mass is 10.0. The lowest BCUT2D eigenvalue weighted by Gasteiger charge is -2.39. The van der Waals surface area contributed by atoms with Gasteiger partial charge >= 0.3 is 0 Å². The minimum atomic E-state index is -0.356. The summed E-state index contributed by atoms with van der Waals surface area (Å²) >= 11 is 6.03. The summed E-state index contributed by atoms with van der Waals surface area (Å²) in [4.78, 5) is 13.4. The van der Waals surface area contributed by atoms with Gasteiger partial charge in [-0.25, -0.2) is 4.99 Å². The molecule has 154 valence electrons. The molecule has 2 aliphatic heterocycles. The van der Waals surface area contributed by atoms with E-state index in [4.69, 9.17) is 17.3 Å². The van der Waals surface area contributed by atoms with E-state index >= 15 is 0 Å². The average Bonchev–Trinajstić information content (AvgIpc) is 3.19. The van der Waals surface area contributed by atoms with Crippen molar-refractivity contribution in [1.82, 2.24) is 25.6 Å². The third-order valence-corrected chi connectivity index (χ3v) is 5.86. The monoisotopic (exact) mass is 413 g/mol. The molecule has 1 atom stereocenters. The van der Waals surface area contributed by atoms with Crippen LogP contribution in [0.5, 0.6) is 0 Å². The van der Waals surface area contributed by atoms with Crippen molar-refractivity contribution in [3.8, 4) is 0 Å². The van der Waals surface area contributed by atoms with Gasteiger partial charge in [0.1, 0.15) is 0 Å². The Hall–Kier alpha value is -2.19. The van der Waals surface area contributed by atoms with Crippen LogP contribution in [0.1, 0.15) is 24.0 Å². The molecule has 0 saturated carbocycles. The molecule has 4 rings (SSSR count). The highest BCUT2D eigenvalue weighted by Crippen LogP contribution is 2.20. The van der Waals surface area contributed by atoms with E-state index in [2.05, 4.69) is 54.9 Å². The highest BCUT2D eigenvalue weighted by atomic mass is 35.5. The Bertz CT molecular complexity index is 804. The fraction of sp³-hybridized carbons (Fsp3) is 0.429. The van der Waals surface area contributed by atoms with Crippen LogP contribution in [0.4, 0.5) is 0 Å². The third kappa shape index (κ3) is 5.45. The van der Waals surface area contributed by atoms with E-state index in [-0.39, 0.29) is 6.29 Å². The van der Waals surface area contributed by atoms with E-state index in [1.165, 1.54) is 11.1 Å². The highest BCUT2D eigenvalue weighted by Gasteiger charge is 2.28. The average molecular weight is 414 g/mol. The maximum Gasteiger partial charge on any atom is 0.211 e. The van der Waals surface area contributed by atoms with E-state index in [1.54, 1.807) is 0 Å². The van der Waals surface area contributed by atoms with Crippen LogP contribution >= 0.6 is 11.6 Å². The molecule has 2 aliphatic rings. The van der Waals surface area contributed by atoms with E-state index in [0.29, 0.717) is 6.04 Å². The number of hydrogen-bond donors (Lipinski definition) is 3. The van der Waals surface area contributed by atoms with Crippen LogP contribution < -0.4 is 16.6 Å². The summed E-state index contributed by atoms with van der Waals surface area (Å²) in [5.74, 6) is 0.859. The van der Waals surface area contributed by atoms with Gasteiger partial charge in [-0.1, -0.05) is 23.7 Å². The number of hydrogen-bond acceptors (Lipinski definition) is 7. The van der Waals surface area contributed by atoms with Gasteiger partial charge in [-0.3, -0.25) is 21.0 Å². The molecule has 1 aromatic carbocycles. The zero-order valence-corrected chi connectivity index (χ0v) is 17.2. The Balaban J connectivity index is 1.39. The number of nitrogens with one attached hydrogen (secondary N) is 2. The van der Waals surface area contributed by atoms with Gasteiger partial charge in [0, 0.05) is 49.6 Å². The van der Waals surface area contributed by atoms with Crippen LogP contribution in [0.15, 0.2) is 53.8 Å². The van der Waals surface area contributed by atoms with Gasteiger partial charge in [0.2, 0.25) is 5.96 Å². The smallest absolute Gasteiger partial charge is 0.211 e.